The fraction of sp³-hybridized carbons (Fsp3) is 0.263. The van der Waals surface area contributed by atoms with Gasteiger partial charge in [-0.25, -0.2) is 0 Å². The summed E-state index contributed by atoms with van der Waals surface area (Å²) in [7, 11) is -5.73. The standard InChI is InChI=1S/C10H12O5S.C9H10O5S/c1-14-10(11)7-8-3-5-9(6-4-8)15-16(2,12)13;1-15(12,13)14-8-4-2-7(3-5-8)6-9(10)11/h3-6H,7H2,1-2H3;2-5H,6H2,1H3,(H,10,11). The van der Waals surface area contributed by atoms with E-state index in [2.05, 4.69) is 13.1 Å². The number of ether oxygens (including phenoxy) is 1. The van der Waals surface area contributed by atoms with Gasteiger partial charge in [0.2, 0.25) is 0 Å². The smallest absolute Gasteiger partial charge is 0.309 e. The van der Waals surface area contributed by atoms with E-state index in [1.165, 1.54) is 43.5 Å². The van der Waals surface area contributed by atoms with E-state index in [9.17, 15) is 26.4 Å². The van der Waals surface area contributed by atoms with Crippen LogP contribution < -0.4 is 8.37 Å². The van der Waals surface area contributed by atoms with Crippen LogP contribution in [-0.2, 0) is 47.4 Å². The maximum absolute atomic E-state index is 10.9. The maximum Gasteiger partial charge on any atom is 0.309 e. The third kappa shape index (κ3) is 12.2. The average molecular weight is 475 g/mol. The summed E-state index contributed by atoms with van der Waals surface area (Å²) < 4.78 is 56.9. The van der Waals surface area contributed by atoms with Gasteiger partial charge in [0.1, 0.15) is 11.5 Å². The number of carboxylic acid groups (broad SMARTS) is 1. The molecule has 0 heterocycles. The number of methoxy groups -OCH3 is 1. The first-order chi connectivity index (χ1) is 14.3. The van der Waals surface area contributed by atoms with Gasteiger partial charge in [0.15, 0.2) is 0 Å². The molecular formula is C19H22O10S2. The van der Waals surface area contributed by atoms with Crippen LogP contribution in [0.5, 0.6) is 11.5 Å². The van der Waals surface area contributed by atoms with Crippen molar-refractivity contribution in [3.8, 4) is 11.5 Å². The van der Waals surface area contributed by atoms with Crippen LogP contribution >= 0.6 is 0 Å². The van der Waals surface area contributed by atoms with Crippen molar-refractivity contribution < 1.29 is 44.6 Å². The molecule has 0 atom stereocenters. The van der Waals surface area contributed by atoms with Gasteiger partial charge in [-0.1, -0.05) is 24.3 Å². The van der Waals surface area contributed by atoms with Crippen molar-refractivity contribution >= 4 is 32.2 Å². The monoisotopic (exact) mass is 474 g/mol. The lowest BCUT2D eigenvalue weighted by Crippen LogP contribution is -2.06. The summed E-state index contributed by atoms with van der Waals surface area (Å²) in [6.45, 7) is 0. The van der Waals surface area contributed by atoms with Crippen molar-refractivity contribution in [1.29, 1.82) is 0 Å². The molecule has 1 N–H and O–H groups in total. The summed E-state index contributed by atoms with van der Waals surface area (Å²) in [5.41, 5.74) is 1.32. The van der Waals surface area contributed by atoms with Crippen LogP contribution in [0, 0.1) is 0 Å². The van der Waals surface area contributed by atoms with Gasteiger partial charge in [0, 0.05) is 0 Å². The fourth-order valence-electron chi connectivity index (χ4n) is 2.09. The van der Waals surface area contributed by atoms with Crippen LogP contribution in [0.3, 0.4) is 0 Å². The van der Waals surface area contributed by atoms with Crippen molar-refractivity contribution in [3.05, 3.63) is 59.7 Å². The van der Waals surface area contributed by atoms with Crippen molar-refractivity contribution in [2.45, 2.75) is 12.8 Å². The van der Waals surface area contributed by atoms with Crippen LogP contribution in [0.4, 0.5) is 0 Å². The van der Waals surface area contributed by atoms with Crippen molar-refractivity contribution in [1.82, 2.24) is 0 Å². The molecule has 0 radical (unpaired) electrons. The van der Waals surface area contributed by atoms with Crippen molar-refractivity contribution in [2.24, 2.45) is 0 Å². The Balaban J connectivity index is 0.000000311. The summed E-state index contributed by atoms with van der Waals surface area (Å²) in [5.74, 6) is -0.897. The first-order valence-corrected chi connectivity index (χ1v) is 12.2. The summed E-state index contributed by atoms with van der Waals surface area (Å²) in [6.07, 6.45) is 1.96. The molecule has 0 amide bonds. The minimum Gasteiger partial charge on any atom is -0.481 e. The molecule has 12 heteroatoms. The summed E-state index contributed by atoms with van der Waals surface area (Å²) in [6, 6.07) is 12.0. The van der Waals surface area contributed by atoms with Gasteiger partial charge >= 0.3 is 32.2 Å². The van der Waals surface area contributed by atoms with Gasteiger partial charge in [0.25, 0.3) is 0 Å². The largest absolute Gasteiger partial charge is 0.481 e. The molecule has 0 aromatic heterocycles. The van der Waals surface area contributed by atoms with E-state index in [-0.39, 0.29) is 30.3 Å². The second-order valence-corrected chi connectivity index (χ2v) is 9.34. The predicted octanol–water partition coefficient (Wildman–Crippen LogP) is 1.39. The van der Waals surface area contributed by atoms with Crippen LogP contribution in [0.2, 0.25) is 0 Å². The zero-order valence-electron chi connectivity index (χ0n) is 17.0. The van der Waals surface area contributed by atoms with Crippen LogP contribution in [0.1, 0.15) is 11.1 Å². The second-order valence-electron chi connectivity index (χ2n) is 6.19. The first-order valence-electron chi connectivity index (χ1n) is 8.53. The number of rotatable bonds is 8. The van der Waals surface area contributed by atoms with Gasteiger partial charge in [-0.3, -0.25) is 9.59 Å². The van der Waals surface area contributed by atoms with E-state index in [1.807, 2.05) is 0 Å². The van der Waals surface area contributed by atoms with Crippen molar-refractivity contribution in [2.75, 3.05) is 19.6 Å². The second kappa shape index (κ2) is 11.3. The Bertz CT molecular complexity index is 1090. The van der Waals surface area contributed by atoms with E-state index in [0.717, 1.165) is 18.1 Å². The van der Waals surface area contributed by atoms with Gasteiger partial charge in [-0.2, -0.15) is 16.8 Å². The molecule has 0 aliphatic heterocycles. The number of esters is 1. The number of carbonyl (C=O) groups is 2. The van der Waals surface area contributed by atoms with E-state index >= 15 is 0 Å². The molecule has 2 aromatic rings. The van der Waals surface area contributed by atoms with Crippen molar-refractivity contribution in [3.63, 3.8) is 0 Å². The highest BCUT2D eigenvalue weighted by molar-refractivity contribution is 7.86. The minimum absolute atomic E-state index is 0.0981. The third-order valence-corrected chi connectivity index (χ3v) is 4.26. The third-order valence-electron chi connectivity index (χ3n) is 3.27. The highest BCUT2D eigenvalue weighted by Crippen LogP contribution is 2.15. The SMILES string of the molecule is COC(=O)Cc1ccc(OS(C)(=O)=O)cc1.CS(=O)(=O)Oc1ccc(CC(=O)O)cc1. The van der Waals surface area contributed by atoms with E-state index in [0.29, 0.717) is 5.56 Å². The van der Waals surface area contributed by atoms with Gasteiger partial charge in [0.05, 0.1) is 32.5 Å². The number of aliphatic carboxylic acids is 1. The Hall–Kier alpha value is -3.12. The molecule has 10 nitrogen and oxygen atoms in total. The van der Waals surface area contributed by atoms with Gasteiger partial charge in [-0.05, 0) is 35.4 Å². The number of benzene rings is 2. The van der Waals surface area contributed by atoms with E-state index in [4.69, 9.17) is 5.11 Å². The Morgan fingerprint density at radius 3 is 1.39 bits per heavy atom. The quantitative estimate of drug-likeness (QED) is 0.439. The molecule has 31 heavy (non-hydrogen) atoms. The van der Waals surface area contributed by atoms with Gasteiger partial charge < -0.3 is 18.2 Å². The summed E-state index contributed by atoms with van der Waals surface area (Å²) in [4.78, 5) is 21.3. The first kappa shape index (κ1) is 25.9. The predicted molar refractivity (Wildman–Crippen MR) is 111 cm³/mol. The number of hydrogen-bond acceptors (Lipinski definition) is 9. The average Bonchev–Trinajstić information content (AvgIpc) is 2.62. The van der Waals surface area contributed by atoms with Gasteiger partial charge in [-0.15, -0.1) is 0 Å². The number of hydrogen-bond donors (Lipinski definition) is 1. The molecule has 0 saturated heterocycles. The fourth-order valence-corrected chi connectivity index (χ4v) is 3.01. The highest BCUT2D eigenvalue weighted by Gasteiger charge is 2.07. The molecule has 0 aliphatic carbocycles. The molecule has 0 fully saturated rings. The lowest BCUT2D eigenvalue weighted by Gasteiger charge is -2.04. The normalized spacial score (nSPS) is 10.9. The van der Waals surface area contributed by atoms with E-state index in [1.54, 1.807) is 12.1 Å². The van der Waals surface area contributed by atoms with Crippen LogP contribution in [-0.4, -0.2) is 53.5 Å². The maximum atomic E-state index is 10.9. The molecule has 170 valence electrons. The zero-order chi connectivity index (χ0) is 23.7. The Morgan fingerprint density at radius 2 is 1.10 bits per heavy atom. The molecule has 0 saturated carbocycles. The Morgan fingerprint density at radius 1 is 0.742 bits per heavy atom. The lowest BCUT2D eigenvalue weighted by molar-refractivity contribution is -0.140. The zero-order valence-corrected chi connectivity index (χ0v) is 18.6. The Labute approximate surface area is 180 Å². The van der Waals surface area contributed by atoms with Crippen LogP contribution in [0.15, 0.2) is 48.5 Å². The summed E-state index contributed by atoms with van der Waals surface area (Å²) >= 11 is 0. The Kier molecular flexibility index (Phi) is 9.46. The lowest BCUT2D eigenvalue weighted by atomic mass is 10.1. The number of carboxylic acids is 1. The molecule has 0 spiro atoms. The number of carbonyl (C=O) groups excluding carboxylic acids is 1. The topological polar surface area (TPSA) is 150 Å². The molecular weight excluding hydrogens is 452 g/mol. The minimum atomic E-state index is -3.53. The molecule has 2 aromatic carbocycles. The molecule has 0 bridgehead atoms. The molecule has 0 aliphatic rings. The molecule has 0 unspecified atom stereocenters. The molecule has 2 rings (SSSR count). The highest BCUT2D eigenvalue weighted by atomic mass is 32.2. The van der Waals surface area contributed by atoms with Crippen LogP contribution in [0.25, 0.3) is 0 Å². The summed E-state index contributed by atoms with van der Waals surface area (Å²) in [5, 5.41) is 8.50. The van der Waals surface area contributed by atoms with E-state index < -0.39 is 26.2 Å².